The van der Waals surface area contributed by atoms with Crippen LogP contribution in [-0.4, -0.2) is 42.4 Å². The molecule has 4 nitrogen and oxygen atoms in total. The summed E-state index contributed by atoms with van der Waals surface area (Å²) in [5, 5.41) is 9.80. The molecule has 140 valence electrons. The van der Waals surface area contributed by atoms with Crippen LogP contribution in [0, 0.1) is 0 Å². The van der Waals surface area contributed by atoms with Crippen LogP contribution in [0.5, 0.6) is 11.5 Å². The molecule has 2 aromatic rings. The van der Waals surface area contributed by atoms with Gasteiger partial charge in [-0.05, 0) is 35.9 Å². The van der Waals surface area contributed by atoms with Gasteiger partial charge in [-0.15, -0.1) is 0 Å². The fourth-order valence-electron chi connectivity index (χ4n) is 2.84. The van der Waals surface area contributed by atoms with E-state index in [1.807, 2.05) is 6.07 Å². The Hall–Kier alpha value is -2.09. The van der Waals surface area contributed by atoms with E-state index in [2.05, 4.69) is 4.90 Å². The van der Waals surface area contributed by atoms with Crippen LogP contribution >= 0.6 is 0 Å². The van der Waals surface area contributed by atoms with Crippen molar-refractivity contribution in [1.82, 2.24) is 4.90 Å². The zero-order valence-corrected chi connectivity index (χ0v) is 14.1. The molecule has 1 saturated heterocycles. The van der Waals surface area contributed by atoms with Gasteiger partial charge in [0, 0.05) is 19.6 Å². The van der Waals surface area contributed by atoms with Crippen LogP contribution in [0.2, 0.25) is 0 Å². The minimum Gasteiger partial charge on any atom is -0.457 e. The molecule has 0 unspecified atom stereocenters. The third-order valence-electron chi connectivity index (χ3n) is 4.03. The summed E-state index contributed by atoms with van der Waals surface area (Å²) in [6, 6.07) is 12.0. The van der Waals surface area contributed by atoms with E-state index in [0.29, 0.717) is 38.6 Å². The first-order chi connectivity index (χ1) is 12.4. The van der Waals surface area contributed by atoms with Gasteiger partial charge in [0.1, 0.15) is 11.5 Å². The molecule has 3 rings (SSSR count). The standard InChI is InChI=1S/C19H20F3NO3/c20-19(21,22)15-4-2-6-18(10-15)26-17-5-1-3-14(9-17)11-23-7-8-25-13-16(24)12-23/h1-6,9-10,16,24H,7-8,11-13H2/t16-/m0/s1. The number of aliphatic hydroxyl groups excluding tert-OH is 1. The Morgan fingerprint density at radius 2 is 1.85 bits per heavy atom. The Kier molecular flexibility index (Phi) is 5.80. The van der Waals surface area contributed by atoms with E-state index in [1.54, 1.807) is 18.2 Å². The highest BCUT2D eigenvalue weighted by Crippen LogP contribution is 2.32. The maximum atomic E-state index is 12.8. The lowest BCUT2D eigenvalue weighted by molar-refractivity contribution is -0.137. The number of β-amino-alcohol motifs (C(OH)–C–C–N with tert-alkyl or cyclic N) is 1. The molecule has 0 saturated carbocycles. The van der Waals surface area contributed by atoms with Gasteiger partial charge in [-0.25, -0.2) is 0 Å². The number of rotatable bonds is 4. The monoisotopic (exact) mass is 367 g/mol. The summed E-state index contributed by atoms with van der Waals surface area (Å²) in [5.41, 5.74) is 0.202. The summed E-state index contributed by atoms with van der Waals surface area (Å²) in [5.74, 6) is 0.601. The zero-order chi connectivity index (χ0) is 18.6. The van der Waals surface area contributed by atoms with Crippen molar-refractivity contribution in [2.45, 2.75) is 18.8 Å². The highest BCUT2D eigenvalue weighted by atomic mass is 19.4. The number of hydrogen-bond acceptors (Lipinski definition) is 4. The second-order valence-corrected chi connectivity index (χ2v) is 6.24. The summed E-state index contributed by atoms with van der Waals surface area (Å²) in [4.78, 5) is 2.07. The van der Waals surface area contributed by atoms with Crippen molar-refractivity contribution in [3.8, 4) is 11.5 Å². The molecule has 1 atom stereocenters. The molecule has 2 aromatic carbocycles. The van der Waals surface area contributed by atoms with Crippen molar-refractivity contribution in [2.24, 2.45) is 0 Å². The molecule has 0 aromatic heterocycles. The molecule has 1 fully saturated rings. The van der Waals surface area contributed by atoms with Gasteiger partial charge in [-0.3, -0.25) is 4.90 Å². The second-order valence-electron chi connectivity index (χ2n) is 6.24. The molecule has 1 heterocycles. The van der Waals surface area contributed by atoms with E-state index in [9.17, 15) is 18.3 Å². The van der Waals surface area contributed by atoms with E-state index < -0.39 is 17.8 Å². The van der Waals surface area contributed by atoms with E-state index in [1.165, 1.54) is 12.1 Å². The van der Waals surface area contributed by atoms with Gasteiger partial charge in [0.2, 0.25) is 0 Å². The van der Waals surface area contributed by atoms with E-state index >= 15 is 0 Å². The van der Waals surface area contributed by atoms with Gasteiger partial charge < -0.3 is 14.6 Å². The van der Waals surface area contributed by atoms with E-state index in [-0.39, 0.29) is 5.75 Å². The third kappa shape index (κ3) is 5.20. The summed E-state index contributed by atoms with van der Waals surface area (Å²) in [7, 11) is 0. The summed E-state index contributed by atoms with van der Waals surface area (Å²) in [6.45, 7) is 2.70. The predicted octanol–water partition coefficient (Wildman–Crippen LogP) is 3.69. The highest BCUT2D eigenvalue weighted by molar-refractivity contribution is 5.36. The molecule has 7 heteroatoms. The zero-order valence-electron chi connectivity index (χ0n) is 14.1. The molecule has 0 spiro atoms. The maximum absolute atomic E-state index is 12.8. The molecule has 0 radical (unpaired) electrons. The molecular weight excluding hydrogens is 347 g/mol. The number of hydrogen-bond donors (Lipinski definition) is 1. The summed E-state index contributed by atoms with van der Waals surface area (Å²) < 4.78 is 49.3. The molecule has 0 amide bonds. The van der Waals surface area contributed by atoms with Crippen molar-refractivity contribution in [3.05, 3.63) is 59.7 Å². The van der Waals surface area contributed by atoms with Crippen LogP contribution in [0.3, 0.4) is 0 Å². The molecule has 26 heavy (non-hydrogen) atoms. The normalized spacial score (nSPS) is 19.2. The predicted molar refractivity (Wildman–Crippen MR) is 90.1 cm³/mol. The van der Waals surface area contributed by atoms with Crippen molar-refractivity contribution in [2.75, 3.05) is 26.3 Å². The number of benzene rings is 2. The Bertz CT molecular complexity index is 736. The van der Waals surface area contributed by atoms with Gasteiger partial charge in [0.25, 0.3) is 0 Å². The summed E-state index contributed by atoms with van der Waals surface area (Å²) >= 11 is 0. The van der Waals surface area contributed by atoms with Gasteiger partial charge in [0.15, 0.2) is 0 Å². The number of halogens is 3. The minimum atomic E-state index is -4.41. The fraction of sp³-hybridized carbons (Fsp3) is 0.368. The Morgan fingerprint density at radius 1 is 1.12 bits per heavy atom. The molecule has 0 aliphatic carbocycles. The van der Waals surface area contributed by atoms with E-state index in [4.69, 9.17) is 9.47 Å². The minimum absolute atomic E-state index is 0.135. The lowest BCUT2D eigenvalue weighted by Crippen LogP contribution is -2.32. The lowest BCUT2D eigenvalue weighted by atomic mass is 10.2. The van der Waals surface area contributed by atoms with Crippen molar-refractivity contribution >= 4 is 0 Å². The maximum Gasteiger partial charge on any atom is 0.416 e. The van der Waals surface area contributed by atoms with Crippen LogP contribution in [0.15, 0.2) is 48.5 Å². The first-order valence-electron chi connectivity index (χ1n) is 8.32. The molecule has 1 aliphatic rings. The first-order valence-corrected chi connectivity index (χ1v) is 8.32. The second kappa shape index (κ2) is 8.07. The van der Waals surface area contributed by atoms with Gasteiger partial charge in [0.05, 0.1) is 24.9 Å². The molecule has 1 N–H and O–H groups in total. The van der Waals surface area contributed by atoms with Crippen LogP contribution in [0.4, 0.5) is 13.2 Å². The SMILES string of the molecule is O[C@@H]1COCCN(Cc2cccc(Oc3cccc(C(F)(F)F)c3)c2)C1. The molecular formula is C19H20F3NO3. The van der Waals surface area contributed by atoms with Crippen molar-refractivity contribution in [3.63, 3.8) is 0 Å². The quantitative estimate of drug-likeness (QED) is 0.895. The number of ether oxygens (including phenoxy) is 2. The summed E-state index contributed by atoms with van der Waals surface area (Å²) in [6.07, 6.45) is -4.93. The topological polar surface area (TPSA) is 41.9 Å². The van der Waals surface area contributed by atoms with Crippen LogP contribution in [-0.2, 0) is 17.5 Å². The van der Waals surface area contributed by atoms with Crippen LogP contribution in [0.1, 0.15) is 11.1 Å². The molecule has 1 aliphatic heterocycles. The Labute approximate surface area is 149 Å². The van der Waals surface area contributed by atoms with Crippen molar-refractivity contribution < 1.29 is 27.8 Å². The number of nitrogens with zero attached hydrogens (tertiary/aromatic N) is 1. The highest BCUT2D eigenvalue weighted by Gasteiger charge is 2.30. The first kappa shape index (κ1) is 18.7. The van der Waals surface area contributed by atoms with Crippen LogP contribution in [0.25, 0.3) is 0 Å². The van der Waals surface area contributed by atoms with Crippen molar-refractivity contribution in [1.29, 1.82) is 0 Å². The third-order valence-corrected chi connectivity index (χ3v) is 4.03. The Balaban J connectivity index is 1.69. The van der Waals surface area contributed by atoms with Crippen LogP contribution < -0.4 is 4.74 Å². The average Bonchev–Trinajstić information content (AvgIpc) is 2.78. The smallest absolute Gasteiger partial charge is 0.416 e. The lowest BCUT2D eigenvalue weighted by Gasteiger charge is -2.21. The largest absolute Gasteiger partial charge is 0.457 e. The fourth-order valence-corrected chi connectivity index (χ4v) is 2.84. The number of aliphatic hydroxyl groups is 1. The van der Waals surface area contributed by atoms with Gasteiger partial charge in [-0.2, -0.15) is 13.2 Å². The molecule has 0 bridgehead atoms. The van der Waals surface area contributed by atoms with Gasteiger partial charge >= 0.3 is 6.18 Å². The van der Waals surface area contributed by atoms with Gasteiger partial charge in [-0.1, -0.05) is 18.2 Å². The Morgan fingerprint density at radius 3 is 2.62 bits per heavy atom. The average molecular weight is 367 g/mol. The number of alkyl halides is 3. The van der Waals surface area contributed by atoms with E-state index in [0.717, 1.165) is 17.7 Å².